The van der Waals surface area contributed by atoms with E-state index in [4.69, 9.17) is 12.2 Å². The van der Waals surface area contributed by atoms with E-state index in [0.29, 0.717) is 21.5 Å². The SMILES string of the molecule is Cn1c(=O)c(Cc2ccccc2F)cc2cnc(=S)[nH]c21. The zero-order chi connectivity index (χ0) is 15.0. The van der Waals surface area contributed by atoms with Gasteiger partial charge in [-0.15, -0.1) is 0 Å². The number of pyridine rings is 1. The van der Waals surface area contributed by atoms with Crippen molar-refractivity contribution in [2.75, 3.05) is 0 Å². The van der Waals surface area contributed by atoms with Crippen molar-refractivity contribution >= 4 is 23.3 Å². The van der Waals surface area contributed by atoms with Gasteiger partial charge < -0.3 is 4.98 Å². The van der Waals surface area contributed by atoms with E-state index in [9.17, 15) is 9.18 Å². The zero-order valence-electron chi connectivity index (χ0n) is 11.3. The standard InChI is InChI=1S/C15H12FN3OS/c1-19-13-11(8-17-15(21)18-13)7-10(14(19)20)6-9-4-2-3-5-12(9)16/h2-5,7-8H,6H2,1H3,(H,17,18,21). The molecular weight excluding hydrogens is 289 g/mol. The molecule has 1 aromatic carbocycles. The first kappa shape index (κ1) is 13.6. The third-order valence-corrected chi connectivity index (χ3v) is 3.61. The average molecular weight is 301 g/mol. The molecule has 3 aromatic rings. The number of fused-ring (bicyclic) bond motifs is 1. The first-order valence-electron chi connectivity index (χ1n) is 6.37. The fourth-order valence-corrected chi connectivity index (χ4v) is 2.47. The number of aromatic nitrogens is 3. The first-order chi connectivity index (χ1) is 10.1. The van der Waals surface area contributed by atoms with Gasteiger partial charge in [0, 0.05) is 30.6 Å². The third kappa shape index (κ3) is 2.50. The molecule has 0 unspecified atom stereocenters. The maximum absolute atomic E-state index is 13.7. The molecule has 0 spiro atoms. The van der Waals surface area contributed by atoms with Gasteiger partial charge in [0.2, 0.25) is 0 Å². The molecule has 0 aliphatic rings. The summed E-state index contributed by atoms with van der Waals surface area (Å²) in [6.07, 6.45) is 1.85. The van der Waals surface area contributed by atoms with Crippen LogP contribution in [0.3, 0.4) is 0 Å². The van der Waals surface area contributed by atoms with Gasteiger partial charge in [-0.25, -0.2) is 9.37 Å². The summed E-state index contributed by atoms with van der Waals surface area (Å²) in [6.45, 7) is 0. The molecule has 0 radical (unpaired) electrons. The van der Waals surface area contributed by atoms with Gasteiger partial charge in [0.25, 0.3) is 5.56 Å². The van der Waals surface area contributed by atoms with E-state index < -0.39 is 0 Å². The van der Waals surface area contributed by atoms with Crippen molar-refractivity contribution in [3.63, 3.8) is 0 Å². The summed E-state index contributed by atoms with van der Waals surface area (Å²) in [7, 11) is 1.65. The fraction of sp³-hybridized carbons (Fsp3) is 0.133. The van der Waals surface area contributed by atoms with Crippen LogP contribution in [0.4, 0.5) is 4.39 Å². The maximum Gasteiger partial charge on any atom is 0.255 e. The number of benzene rings is 1. The molecule has 21 heavy (non-hydrogen) atoms. The van der Waals surface area contributed by atoms with Gasteiger partial charge in [0.1, 0.15) is 11.5 Å². The number of aryl methyl sites for hydroxylation is 1. The Balaban J connectivity index is 2.18. The van der Waals surface area contributed by atoms with Gasteiger partial charge in [-0.3, -0.25) is 9.36 Å². The van der Waals surface area contributed by atoms with Crippen LogP contribution >= 0.6 is 12.2 Å². The zero-order valence-corrected chi connectivity index (χ0v) is 12.1. The van der Waals surface area contributed by atoms with Crippen LogP contribution in [0.1, 0.15) is 11.1 Å². The minimum Gasteiger partial charge on any atom is -0.316 e. The predicted octanol–water partition coefficient (Wildman–Crippen LogP) is 2.72. The van der Waals surface area contributed by atoms with Crippen molar-refractivity contribution in [1.82, 2.24) is 14.5 Å². The summed E-state index contributed by atoms with van der Waals surface area (Å²) in [5.41, 5.74) is 1.44. The highest BCUT2D eigenvalue weighted by Gasteiger charge is 2.10. The number of aromatic amines is 1. The van der Waals surface area contributed by atoms with Crippen molar-refractivity contribution < 1.29 is 4.39 Å². The van der Waals surface area contributed by atoms with Crippen LogP contribution in [-0.4, -0.2) is 14.5 Å². The van der Waals surface area contributed by atoms with Gasteiger partial charge in [-0.1, -0.05) is 18.2 Å². The second-order valence-electron chi connectivity index (χ2n) is 4.79. The molecule has 0 aliphatic carbocycles. The van der Waals surface area contributed by atoms with Crippen molar-refractivity contribution in [3.8, 4) is 0 Å². The Hall–Kier alpha value is -2.34. The van der Waals surface area contributed by atoms with Crippen LogP contribution in [0, 0.1) is 10.6 Å². The number of H-pyrrole nitrogens is 1. The Bertz CT molecular complexity index is 946. The van der Waals surface area contributed by atoms with E-state index in [2.05, 4.69) is 9.97 Å². The topological polar surface area (TPSA) is 50.7 Å². The molecule has 0 saturated carbocycles. The van der Waals surface area contributed by atoms with E-state index in [1.54, 1.807) is 37.5 Å². The number of hydrogen-bond acceptors (Lipinski definition) is 3. The minimum atomic E-state index is -0.315. The molecule has 1 N–H and O–H groups in total. The van der Waals surface area contributed by atoms with Crippen molar-refractivity contribution in [2.24, 2.45) is 7.05 Å². The van der Waals surface area contributed by atoms with Crippen LogP contribution < -0.4 is 5.56 Å². The maximum atomic E-state index is 13.7. The Morgan fingerprint density at radius 3 is 2.86 bits per heavy atom. The fourth-order valence-electron chi connectivity index (χ4n) is 2.32. The molecule has 0 amide bonds. The number of hydrogen-bond donors (Lipinski definition) is 1. The van der Waals surface area contributed by atoms with Crippen molar-refractivity contribution in [1.29, 1.82) is 0 Å². The minimum absolute atomic E-state index is 0.178. The molecule has 2 heterocycles. The lowest BCUT2D eigenvalue weighted by atomic mass is 10.0. The predicted molar refractivity (Wildman–Crippen MR) is 81.4 cm³/mol. The lowest BCUT2D eigenvalue weighted by molar-refractivity contribution is 0.613. The van der Waals surface area contributed by atoms with Crippen LogP contribution in [-0.2, 0) is 13.5 Å². The normalized spacial score (nSPS) is 11.0. The molecule has 0 atom stereocenters. The highest BCUT2D eigenvalue weighted by Crippen LogP contribution is 2.14. The third-order valence-electron chi connectivity index (χ3n) is 3.40. The second-order valence-corrected chi connectivity index (χ2v) is 5.18. The highest BCUT2D eigenvalue weighted by atomic mass is 32.1. The van der Waals surface area contributed by atoms with Crippen LogP contribution in [0.25, 0.3) is 11.0 Å². The van der Waals surface area contributed by atoms with E-state index >= 15 is 0 Å². The van der Waals surface area contributed by atoms with Crippen LogP contribution in [0.5, 0.6) is 0 Å². The number of halogens is 1. The molecule has 0 aliphatic heterocycles. The summed E-state index contributed by atoms with van der Waals surface area (Å²) in [4.78, 5) is 19.3. The van der Waals surface area contributed by atoms with Crippen LogP contribution in [0.2, 0.25) is 0 Å². The molecule has 6 heteroatoms. The monoisotopic (exact) mass is 301 g/mol. The van der Waals surface area contributed by atoms with Gasteiger partial charge in [0.15, 0.2) is 4.77 Å². The molecular formula is C15H12FN3OS. The molecule has 106 valence electrons. The Kier molecular flexibility index (Phi) is 3.39. The average Bonchev–Trinajstić information content (AvgIpc) is 2.47. The van der Waals surface area contributed by atoms with Crippen LogP contribution in [0.15, 0.2) is 41.3 Å². The number of rotatable bonds is 2. The van der Waals surface area contributed by atoms with E-state index in [-0.39, 0.29) is 17.8 Å². The largest absolute Gasteiger partial charge is 0.316 e. The summed E-state index contributed by atoms with van der Waals surface area (Å²) in [5, 5.41) is 0.761. The van der Waals surface area contributed by atoms with Gasteiger partial charge in [0.05, 0.1) is 0 Å². The second kappa shape index (κ2) is 5.21. The quantitative estimate of drug-likeness (QED) is 0.740. The molecule has 2 aromatic heterocycles. The first-order valence-corrected chi connectivity index (χ1v) is 6.78. The summed E-state index contributed by atoms with van der Waals surface area (Å²) < 4.78 is 15.5. The Labute approximate surface area is 124 Å². The molecule has 4 nitrogen and oxygen atoms in total. The summed E-state index contributed by atoms with van der Waals surface area (Å²) in [6, 6.07) is 8.17. The van der Waals surface area contributed by atoms with Gasteiger partial charge in [-0.2, -0.15) is 0 Å². The molecule has 0 saturated heterocycles. The van der Waals surface area contributed by atoms with Crippen molar-refractivity contribution in [3.05, 3.63) is 68.6 Å². The van der Waals surface area contributed by atoms with E-state index in [0.717, 1.165) is 5.39 Å². The summed E-state index contributed by atoms with van der Waals surface area (Å²) >= 11 is 4.97. The number of nitrogens with one attached hydrogen (secondary N) is 1. The van der Waals surface area contributed by atoms with E-state index in [1.165, 1.54) is 10.6 Å². The molecule has 0 bridgehead atoms. The molecule has 3 rings (SSSR count). The van der Waals surface area contributed by atoms with Crippen molar-refractivity contribution in [2.45, 2.75) is 6.42 Å². The van der Waals surface area contributed by atoms with Gasteiger partial charge >= 0.3 is 0 Å². The molecule has 0 fully saturated rings. The van der Waals surface area contributed by atoms with E-state index in [1.807, 2.05) is 0 Å². The highest BCUT2D eigenvalue weighted by molar-refractivity contribution is 7.71. The lowest BCUT2D eigenvalue weighted by Gasteiger charge is -2.09. The Morgan fingerprint density at radius 1 is 1.33 bits per heavy atom. The smallest absolute Gasteiger partial charge is 0.255 e. The number of nitrogens with zero attached hydrogens (tertiary/aromatic N) is 2. The Morgan fingerprint density at radius 2 is 2.10 bits per heavy atom. The summed E-state index contributed by atoms with van der Waals surface area (Å²) in [5.74, 6) is -0.315. The van der Waals surface area contributed by atoms with Gasteiger partial charge in [-0.05, 0) is 29.9 Å². The lowest BCUT2D eigenvalue weighted by Crippen LogP contribution is -2.22.